The Bertz CT molecular complexity index is 413. The zero-order valence-corrected chi connectivity index (χ0v) is 11.8. The van der Waals surface area contributed by atoms with Crippen molar-refractivity contribution in [2.24, 2.45) is 11.7 Å². The van der Waals surface area contributed by atoms with Gasteiger partial charge < -0.3 is 11.1 Å². The van der Waals surface area contributed by atoms with Gasteiger partial charge in [0.2, 0.25) is 0 Å². The third-order valence-corrected chi connectivity index (χ3v) is 3.01. The first-order valence-corrected chi connectivity index (χ1v) is 6.52. The van der Waals surface area contributed by atoms with E-state index in [1.165, 1.54) is 0 Å². The molecule has 3 nitrogen and oxygen atoms in total. The lowest BCUT2D eigenvalue weighted by Crippen LogP contribution is -2.41. The van der Waals surface area contributed by atoms with Gasteiger partial charge in [0.1, 0.15) is 0 Å². The lowest BCUT2D eigenvalue weighted by Gasteiger charge is -2.19. The number of aryl methyl sites for hydroxylation is 2. The van der Waals surface area contributed by atoms with Crippen molar-refractivity contribution in [3.05, 3.63) is 34.9 Å². The molecule has 1 amide bonds. The summed E-state index contributed by atoms with van der Waals surface area (Å²) in [4.78, 5) is 12.2. The summed E-state index contributed by atoms with van der Waals surface area (Å²) in [5.74, 6) is 0.504. The number of amides is 1. The fourth-order valence-electron chi connectivity index (χ4n) is 2.03. The van der Waals surface area contributed by atoms with E-state index in [1.807, 2.05) is 32.0 Å². The van der Waals surface area contributed by atoms with Crippen LogP contribution >= 0.6 is 0 Å². The van der Waals surface area contributed by atoms with Crippen LogP contribution in [-0.4, -0.2) is 18.5 Å². The Morgan fingerprint density at radius 2 is 2.00 bits per heavy atom. The topological polar surface area (TPSA) is 55.1 Å². The van der Waals surface area contributed by atoms with Gasteiger partial charge in [-0.2, -0.15) is 0 Å². The van der Waals surface area contributed by atoms with Crippen LogP contribution in [0.1, 0.15) is 41.8 Å². The smallest absolute Gasteiger partial charge is 0.251 e. The molecule has 0 saturated carbocycles. The lowest BCUT2D eigenvalue weighted by molar-refractivity contribution is 0.0933. The van der Waals surface area contributed by atoms with Gasteiger partial charge >= 0.3 is 0 Å². The van der Waals surface area contributed by atoms with E-state index >= 15 is 0 Å². The second kappa shape index (κ2) is 6.55. The minimum atomic E-state index is -0.0210. The van der Waals surface area contributed by atoms with Gasteiger partial charge in [0.05, 0.1) is 0 Å². The Hall–Kier alpha value is -1.35. The minimum absolute atomic E-state index is 0.0210. The fraction of sp³-hybridized carbons (Fsp3) is 0.533. The second-order valence-corrected chi connectivity index (χ2v) is 5.35. The van der Waals surface area contributed by atoms with Crippen molar-refractivity contribution >= 4 is 5.91 Å². The number of nitrogens with one attached hydrogen (secondary N) is 1. The highest BCUT2D eigenvalue weighted by Crippen LogP contribution is 2.11. The van der Waals surface area contributed by atoms with Crippen LogP contribution in [0.25, 0.3) is 0 Å². The molecule has 3 N–H and O–H groups in total. The molecule has 1 aromatic carbocycles. The predicted molar refractivity (Wildman–Crippen MR) is 75.7 cm³/mol. The molecule has 3 heteroatoms. The van der Waals surface area contributed by atoms with Crippen LogP contribution < -0.4 is 11.1 Å². The summed E-state index contributed by atoms with van der Waals surface area (Å²) >= 11 is 0. The van der Waals surface area contributed by atoms with Gasteiger partial charge in [-0.3, -0.25) is 4.79 Å². The van der Waals surface area contributed by atoms with Gasteiger partial charge in [0.25, 0.3) is 5.91 Å². The maximum atomic E-state index is 12.2. The Morgan fingerprint density at radius 3 is 2.56 bits per heavy atom. The van der Waals surface area contributed by atoms with Gasteiger partial charge in [-0.05, 0) is 37.8 Å². The number of benzene rings is 1. The van der Waals surface area contributed by atoms with Crippen molar-refractivity contribution in [1.82, 2.24) is 5.32 Å². The largest absolute Gasteiger partial charge is 0.348 e. The van der Waals surface area contributed by atoms with Gasteiger partial charge in [-0.15, -0.1) is 0 Å². The van der Waals surface area contributed by atoms with Crippen LogP contribution in [0.15, 0.2) is 18.2 Å². The summed E-state index contributed by atoms with van der Waals surface area (Å²) in [7, 11) is 0. The lowest BCUT2D eigenvalue weighted by atomic mass is 10.0. The Kier molecular flexibility index (Phi) is 5.35. The van der Waals surface area contributed by atoms with E-state index in [9.17, 15) is 4.79 Å². The SMILES string of the molecule is Cc1ccc(C)c(C(=O)NC(CN)CC(C)C)c1. The van der Waals surface area contributed by atoms with Crippen LogP contribution in [0.5, 0.6) is 0 Å². The Labute approximate surface area is 110 Å². The quantitative estimate of drug-likeness (QED) is 0.840. The first-order valence-electron chi connectivity index (χ1n) is 6.52. The Morgan fingerprint density at radius 1 is 1.33 bits per heavy atom. The molecule has 100 valence electrons. The van der Waals surface area contributed by atoms with E-state index in [0.29, 0.717) is 12.5 Å². The number of hydrogen-bond acceptors (Lipinski definition) is 2. The Balaban J connectivity index is 2.77. The average molecular weight is 248 g/mol. The summed E-state index contributed by atoms with van der Waals surface area (Å²) < 4.78 is 0. The molecule has 0 aliphatic carbocycles. The molecule has 0 fully saturated rings. The van der Waals surface area contributed by atoms with Crippen LogP contribution in [0.2, 0.25) is 0 Å². The summed E-state index contributed by atoms with van der Waals surface area (Å²) in [6.07, 6.45) is 0.910. The van der Waals surface area contributed by atoms with Gasteiger partial charge in [0.15, 0.2) is 0 Å². The molecular formula is C15H24N2O. The standard InChI is InChI=1S/C15H24N2O/c1-10(2)7-13(9-16)17-15(18)14-8-11(3)5-6-12(14)4/h5-6,8,10,13H,7,9,16H2,1-4H3,(H,17,18). The highest BCUT2D eigenvalue weighted by atomic mass is 16.1. The minimum Gasteiger partial charge on any atom is -0.348 e. The number of hydrogen-bond donors (Lipinski definition) is 2. The van der Waals surface area contributed by atoms with E-state index in [-0.39, 0.29) is 11.9 Å². The monoisotopic (exact) mass is 248 g/mol. The molecule has 1 aromatic rings. The molecule has 0 radical (unpaired) electrons. The molecule has 0 heterocycles. The third-order valence-electron chi connectivity index (χ3n) is 3.01. The number of carbonyl (C=O) groups excluding carboxylic acids is 1. The summed E-state index contributed by atoms with van der Waals surface area (Å²) in [6.45, 7) is 8.69. The van der Waals surface area contributed by atoms with Gasteiger partial charge in [0, 0.05) is 18.2 Å². The van der Waals surface area contributed by atoms with Crippen molar-refractivity contribution < 1.29 is 4.79 Å². The van der Waals surface area contributed by atoms with Crippen molar-refractivity contribution in [1.29, 1.82) is 0 Å². The third kappa shape index (κ3) is 4.15. The highest BCUT2D eigenvalue weighted by Gasteiger charge is 2.15. The molecule has 0 aromatic heterocycles. The molecule has 1 unspecified atom stereocenters. The van der Waals surface area contributed by atoms with E-state index in [0.717, 1.165) is 23.1 Å². The molecular weight excluding hydrogens is 224 g/mol. The van der Waals surface area contributed by atoms with E-state index < -0.39 is 0 Å². The molecule has 1 rings (SSSR count). The van der Waals surface area contributed by atoms with Crippen molar-refractivity contribution in [3.8, 4) is 0 Å². The zero-order chi connectivity index (χ0) is 13.7. The number of nitrogens with two attached hydrogens (primary N) is 1. The molecule has 0 aliphatic heterocycles. The average Bonchev–Trinajstić information content (AvgIpc) is 2.30. The van der Waals surface area contributed by atoms with Gasteiger partial charge in [-0.25, -0.2) is 0 Å². The van der Waals surface area contributed by atoms with E-state index in [4.69, 9.17) is 5.73 Å². The molecule has 18 heavy (non-hydrogen) atoms. The summed E-state index contributed by atoms with van der Waals surface area (Å²) in [6, 6.07) is 5.97. The summed E-state index contributed by atoms with van der Waals surface area (Å²) in [5.41, 5.74) is 8.54. The number of rotatable bonds is 5. The van der Waals surface area contributed by atoms with Gasteiger partial charge in [-0.1, -0.05) is 31.5 Å². The van der Waals surface area contributed by atoms with Crippen LogP contribution in [-0.2, 0) is 0 Å². The fourth-order valence-corrected chi connectivity index (χ4v) is 2.03. The highest BCUT2D eigenvalue weighted by molar-refractivity contribution is 5.96. The van der Waals surface area contributed by atoms with Crippen LogP contribution in [0.4, 0.5) is 0 Å². The molecule has 0 aliphatic rings. The van der Waals surface area contributed by atoms with Crippen molar-refractivity contribution in [3.63, 3.8) is 0 Å². The van der Waals surface area contributed by atoms with Crippen molar-refractivity contribution in [2.45, 2.75) is 40.2 Å². The first-order chi connectivity index (χ1) is 8.43. The van der Waals surface area contributed by atoms with Crippen molar-refractivity contribution in [2.75, 3.05) is 6.54 Å². The summed E-state index contributed by atoms with van der Waals surface area (Å²) in [5, 5.41) is 3.02. The maximum absolute atomic E-state index is 12.2. The molecule has 1 atom stereocenters. The van der Waals surface area contributed by atoms with E-state index in [1.54, 1.807) is 0 Å². The molecule has 0 saturated heterocycles. The van der Waals surface area contributed by atoms with E-state index in [2.05, 4.69) is 19.2 Å². The zero-order valence-electron chi connectivity index (χ0n) is 11.8. The second-order valence-electron chi connectivity index (χ2n) is 5.35. The predicted octanol–water partition coefficient (Wildman–Crippen LogP) is 2.41. The normalized spacial score (nSPS) is 12.6. The molecule has 0 spiro atoms. The van der Waals surface area contributed by atoms with Crippen LogP contribution in [0.3, 0.4) is 0 Å². The first kappa shape index (κ1) is 14.7. The molecule has 0 bridgehead atoms. The van der Waals surface area contributed by atoms with Crippen LogP contribution in [0, 0.1) is 19.8 Å². The maximum Gasteiger partial charge on any atom is 0.251 e. The number of carbonyl (C=O) groups is 1.